The molecule has 1 N–H and O–H groups in total. The number of ether oxygens (including phenoxy) is 1. The smallest absolute Gasteiger partial charge is 0.150 e. The first-order valence-corrected chi connectivity index (χ1v) is 9.54. The molecular weight excluding hydrogens is 395 g/mol. The summed E-state index contributed by atoms with van der Waals surface area (Å²) in [5.41, 5.74) is 3.77. The number of halogens is 2. The van der Waals surface area contributed by atoms with Gasteiger partial charge in [0.05, 0.1) is 22.0 Å². The maximum atomic E-state index is 6.25. The molecule has 5 nitrogen and oxygen atoms in total. The monoisotopic (exact) mass is 412 g/mol. The van der Waals surface area contributed by atoms with E-state index in [4.69, 9.17) is 27.9 Å². The first-order valence-electron chi connectivity index (χ1n) is 8.78. The standard InChI is InChI=1S/C21H18Cl2N4O/c1-28-10-9-24-20-19-16(14-5-3-2-4-6-14)12-27(21(19)26-13-25-20)15-7-8-17(22)18(23)11-15/h2-8,11-13H,9-10H2,1H3,(H,24,25,26). The van der Waals surface area contributed by atoms with Crippen molar-refractivity contribution in [3.05, 3.63) is 71.1 Å². The van der Waals surface area contributed by atoms with E-state index < -0.39 is 0 Å². The molecule has 0 fully saturated rings. The van der Waals surface area contributed by atoms with Gasteiger partial charge in [-0.25, -0.2) is 9.97 Å². The normalized spacial score (nSPS) is 11.1. The Hall–Kier alpha value is -2.60. The lowest BCUT2D eigenvalue weighted by molar-refractivity contribution is 0.210. The maximum absolute atomic E-state index is 6.25. The van der Waals surface area contributed by atoms with Gasteiger partial charge in [-0.1, -0.05) is 53.5 Å². The van der Waals surface area contributed by atoms with E-state index in [1.807, 2.05) is 34.9 Å². The molecule has 2 aromatic heterocycles. The van der Waals surface area contributed by atoms with E-state index in [1.165, 1.54) is 0 Å². The summed E-state index contributed by atoms with van der Waals surface area (Å²) in [6.07, 6.45) is 3.61. The number of hydrogen-bond acceptors (Lipinski definition) is 4. The fourth-order valence-electron chi connectivity index (χ4n) is 3.14. The molecule has 0 unspecified atom stereocenters. The maximum Gasteiger partial charge on any atom is 0.150 e. The van der Waals surface area contributed by atoms with Crippen molar-refractivity contribution in [3.63, 3.8) is 0 Å². The van der Waals surface area contributed by atoms with Crippen LogP contribution in [0.5, 0.6) is 0 Å². The molecule has 4 rings (SSSR count). The van der Waals surface area contributed by atoms with Gasteiger partial charge >= 0.3 is 0 Å². The molecule has 0 amide bonds. The average Bonchev–Trinajstić information content (AvgIpc) is 3.11. The predicted octanol–water partition coefficient (Wildman–Crippen LogP) is 5.45. The molecule has 0 atom stereocenters. The van der Waals surface area contributed by atoms with Crippen molar-refractivity contribution in [2.75, 3.05) is 25.6 Å². The third-order valence-corrected chi connectivity index (χ3v) is 5.19. The van der Waals surface area contributed by atoms with Crippen molar-refractivity contribution in [1.29, 1.82) is 0 Å². The van der Waals surface area contributed by atoms with Crippen LogP contribution in [0.4, 0.5) is 5.82 Å². The molecule has 142 valence electrons. The summed E-state index contributed by atoms with van der Waals surface area (Å²) in [6, 6.07) is 15.7. The molecule has 0 saturated heterocycles. The number of methoxy groups -OCH3 is 1. The van der Waals surface area contributed by atoms with Gasteiger partial charge in [-0.3, -0.25) is 0 Å². The largest absolute Gasteiger partial charge is 0.383 e. The Labute approximate surface area is 172 Å². The second kappa shape index (κ2) is 8.19. The van der Waals surface area contributed by atoms with Gasteiger partial charge in [0.1, 0.15) is 12.1 Å². The Morgan fingerprint density at radius 3 is 2.61 bits per heavy atom. The summed E-state index contributed by atoms with van der Waals surface area (Å²) in [5, 5.41) is 5.30. The van der Waals surface area contributed by atoms with Crippen LogP contribution in [0.1, 0.15) is 0 Å². The van der Waals surface area contributed by atoms with Gasteiger partial charge < -0.3 is 14.6 Å². The van der Waals surface area contributed by atoms with Crippen LogP contribution in [0.2, 0.25) is 10.0 Å². The summed E-state index contributed by atoms with van der Waals surface area (Å²) in [6.45, 7) is 1.23. The number of fused-ring (bicyclic) bond motifs is 1. The third kappa shape index (κ3) is 3.56. The van der Waals surface area contributed by atoms with E-state index in [-0.39, 0.29) is 0 Å². The molecule has 7 heteroatoms. The lowest BCUT2D eigenvalue weighted by Gasteiger charge is -2.09. The highest BCUT2D eigenvalue weighted by Crippen LogP contribution is 2.36. The van der Waals surface area contributed by atoms with Crippen molar-refractivity contribution in [2.45, 2.75) is 0 Å². The van der Waals surface area contributed by atoms with Gasteiger partial charge in [-0.05, 0) is 23.8 Å². The molecule has 0 spiro atoms. The summed E-state index contributed by atoms with van der Waals surface area (Å²) < 4.78 is 7.15. The van der Waals surface area contributed by atoms with Gasteiger partial charge in [-0.15, -0.1) is 0 Å². The number of nitrogens with zero attached hydrogens (tertiary/aromatic N) is 3. The zero-order valence-electron chi connectivity index (χ0n) is 15.2. The van der Waals surface area contributed by atoms with Crippen molar-refractivity contribution >= 4 is 40.1 Å². The zero-order chi connectivity index (χ0) is 19.5. The highest BCUT2D eigenvalue weighted by atomic mass is 35.5. The minimum atomic E-state index is 0.495. The SMILES string of the molecule is COCCNc1ncnc2c1c(-c1ccccc1)cn2-c1ccc(Cl)c(Cl)c1. The highest BCUT2D eigenvalue weighted by molar-refractivity contribution is 6.42. The molecule has 0 aliphatic rings. The molecule has 0 saturated carbocycles. The Morgan fingerprint density at radius 1 is 1.04 bits per heavy atom. The second-order valence-electron chi connectivity index (χ2n) is 6.22. The van der Waals surface area contributed by atoms with Crippen molar-refractivity contribution < 1.29 is 4.74 Å². The van der Waals surface area contributed by atoms with Gasteiger partial charge in [0.2, 0.25) is 0 Å². The fourth-order valence-corrected chi connectivity index (χ4v) is 3.43. The van der Waals surface area contributed by atoms with Gasteiger partial charge in [0.25, 0.3) is 0 Å². The first-order chi connectivity index (χ1) is 13.7. The summed E-state index contributed by atoms with van der Waals surface area (Å²) >= 11 is 12.3. The number of benzene rings is 2. The Morgan fingerprint density at radius 2 is 1.86 bits per heavy atom. The molecular formula is C21H18Cl2N4O. The van der Waals surface area contributed by atoms with Gasteiger partial charge in [0.15, 0.2) is 5.65 Å². The van der Waals surface area contributed by atoms with Crippen LogP contribution in [0, 0.1) is 0 Å². The topological polar surface area (TPSA) is 52.0 Å². The van der Waals surface area contributed by atoms with Crippen molar-refractivity contribution in [2.24, 2.45) is 0 Å². The van der Waals surface area contributed by atoms with Crippen molar-refractivity contribution in [3.8, 4) is 16.8 Å². The minimum absolute atomic E-state index is 0.495. The Kier molecular flexibility index (Phi) is 5.48. The molecule has 2 heterocycles. The van der Waals surface area contributed by atoms with Crippen LogP contribution in [-0.2, 0) is 4.74 Å². The van der Waals surface area contributed by atoms with Crippen LogP contribution >= 0.6 is 23.2 Å². The number of aromatic nitrogens is 3. The lowest BCUT2D eigenvalue weighted by Crippen LogP contribution is -2.09. The van der Waals surface area contributed by atoms with E-state index in [9.17, 15) is 0 Å². The minimum Gasteiger partial charge on any atom is -0.383 e. The molecule has 0 aliphatic heterocycles. The van der Waals surface area contributed by atoms with E-state index in [2.05, 4.69) is 33.6 Å². The number of anilines is 1. The lowest BCUT2D eigenvalue weighted by atomic mass is 10.1. The second-order valence-corrected chi connectivity index (χ2v) is 7.03. The number of rotatable bonds is 6. The van der Waals surface area contributed by atoms with Crippen LogP contribution in [0.25, 0.3) is 27.8 Å². The van der Waals surface area contributed by atoms with Crippen LogP contribution in [0.3, 0.4) is 0 Å². The average molecular weight is 413 g/mol. The summed E-state index contributed by atoms with van der Waals surface area (Å²) in [4.78, 5) is 9.01. The Bertz CT molecular complexity index is 1110. The third-order valence-electron chi connectivity index (χ3n) is 4.45. The van der Waals surface area contributed by atoms with Gasteiger partial charge in [0, 0.05) is 31.1 Å². The number of nitrogens with one attached hydrogen (secondary N) is 1. The molecule has 2 aromatic carbocycles. The van der Waals surface area contributed by atoms with Crippen molar-refractivity contribution in [1.82, 2.24) is 14.5 Å². The Balaban J connectivity index is 1.94. The van der Waals surface area contributed by atoms with E-state index >= 15 is 0 Å². The zero-order valence-corrected chi connectivity index (χ0v) is 16.7. The quantitative estimate of drug-likeness (QED) is 0.427. The number of hydrogen-bond donors (Lipinski definition) is 1. The predicted molar refractivity (Wildman–Crippen MR) is 115 cm³/mol. The summed E-state index contributed by atoms with van der Waals surface area (Å²) in [5.74, 6) is 0.764. The highest BCUT2D eigenvalue weighted by Gasteiger charge is 2.17. The van der Waals surface area contributed by atoms with Crippen LogP contribution in [-0.4, -0.2) is 34.8 Å². The molecule has 0 bridgehead atoms. The molecule has 0 aliphatic carbocycles. The summed E-state index contributed by atoms with van der Waals surface area (Å²) in [7, 11) is 1.67. The fraction of sp³-hybridized carbons (Fsp3) is 0.143. The van der Waals surface area contributed by atoms with Gasteiger partial charge in [-0.2, -0.15) is 0 Å². The van der Waals surface area contributed by atoms with E-state index in [0.717, 1.165) is 33.7 Å². The van der Waals surface area contributed by atoms with E-state index in [0.29, 0.717) is 23.2 Å². The molecule has 4 aromatic rings. The van der Waals surface area contributed by atoms with Crippen LogP contribution < -0.4 is 5.32 Å². The first kappa shape index (κ1) is 18.7. The van der Waals surface area contributed by atoms with Crippen LogP contribution in [0.15, 0.2) is 61.1 Å². The molecule has 0 radical (unpaired) electrons. The molecule has 28 heavy (non-hydrogen) atoms. The van der Waals surface area contributed by atoms with E-state index in [1.54, 1.807) is 19.5 Å².